The van der Waals surface area contributed by atoms with E-state index in [4.69, 9.17) is 4.55 Å². The molecule has 7 heteroatoms. The maximum Gasteiger partial charge on any atom is 0.294 e. The summed E-state index contributed by atoms with van der Waals surface area (Å²) in [6.07, 6.45) is 0. The van der Waals surface area contributed by atoms with Gasteiger partial charge >= 0.3 is 0 Å². The van der Waals surface area contributed by atoms with Gasteiger partial charge in [-0.15, -0.1) is 0 Å². The zero-order valence-corrected chi connectivity index (χ0v) is 13.9. The Bertz CT molecular complexity index is 968. The van der Waals surface area contributed by atoms with Crippen LogP contribution in [0.25, 0.3) is 0 Å². The van der Waals surface area contributed by atoms with Crippen LogP contribution in [0.3, 0.4) is 0 Å². The molecule has 0 radical (unpaired) electrons. The molecule has 126 valence electrons. The van der Waals surface area contributed by atoms with Crippen molar-refractivity contribution in [2.45, 2.75) is 4.90 Å². The molecule has 0 fully saturated rings. The predicted octanol–water partition coefficient (Wildman–Crippen LogP) is 5.09. The van der Waals surface area contributed by atoms with Gasteiger partial charge in [0.1, 0.15) is 0 Å². The molecule has 0 amide bonds. The SMILES string of the molecule is O=S(=O)(O)[13c]1[13cH][13cH][13c](N=Nc2ccc(Nc3ccccc3)cc2)[13cH][13cH]1. The highest BCUT2D eigenvalue weighted by molar-refractivity contribution is 7.85. The first-order chi connectivity index (χ1) is 12.0. The third-order valence-corrected chi connectivity index (χ3v) is 4.21. The van der Waals surface area contributed by atoms with E-state index < -0.39 is 10.1 Å². The summed E-state index contributed by atoms with van der Waals surface area (Å²) in [6, 6.07) is 22.7. The van der Waals surface area contributed by atoms with Crippen LogP contribution in [0.1, 0.15) is 0 Å². The van der Waals surface area contributed by atoms with E-state index in [1.165, 1.54) is 24.3 Å². The van der Waals surface area contributed by atoms with Crippen LogP contribution >= 0.6 is 0 Å². The van der Waals surface area contributed by atoms with Gasteiger partial charge in [0, 0.05) is 11.4 Å². The number of hydrogen-bond donors (Lipinski definition) is 2. The van der Waals surface area contributed by atoms with Crippen molar-refractivity contribution in [3.8, 4) is 0 Å². The summed E-state index contributed by atoms with van der Waals surface area (Å²) in [4.78, 5) is -0.178. The number of nitrogens with zero attached hydrogens (tertiary/aromatic N) is 2. The largest absolute Gasteiger partial charge is 0.356 e. The number of hydrogen-bond acceptors (Lipinski definition) is 5. The van der Waals surface area contributed by atoms with Gasteiger partial charge in [0.25, 0.3) is 10.1 Å². The summed E-state index contributed by atoms with van der Waals surface area (Å²) in [5.74, 6) is 0. The van der Waals surface area contributed by atoms with Crippen molar-refractivity contribution in [3.05, 3.63) is 78.9 Å². The molecule has 0 aliphatic carbocycles. The average Bonchev–Trinajstić information content (AvgIpc) is 2.62. The number of azo groups is 1. The van der Waals surface area contributed by atoms with E-state index in [0.29, 0.717) is 11.4 Å². The van der Waals surface area contributed by atoms with Crippen LogP contribution in [0, 0.1) is 0 Å². The van der Waals surface area contributed by atoms with Crippen molar-refractivity contribution < 1.29 is 13.0 Å². The molecular formula is C18H15N3O3S. The third-order valence-electron chi connectivity index (χ3n) is 3.35. The van der Waals surface area contributed by atoms with Gasteiger partial charge in [-0.1, -0.05) is 18.2 Å². The highest BCUT2D eigenvalue weighted by Gasteiger charge is 2.07. The normalized spacial score (nSPS) is 11.6. The minimum atomic E-state index is -4.20. The molecule has 0 atom stereocenters. The van der Waals surface area contributed by atoms with E-state index in [2.05, 4.69) is 15.5 Å². The van der Waals surface area contributed by atoms with Crippen LogP contribution in [-0.4, -0.2) is 13.0 Å². The van der Waals surface area contributed by atoms with E-state index in [-0.39, 0.29) is 4.90 Å². The molecule has 3 rings (SSSR count). The lowest BCUT2D eigenvalue weighted by molar-refractivity contribution is 0.483. The van der Waals surface area contributed by atoms with E-state index in [1.54, 1.807) is 0 Å². The smallest absolute Gasteiger partial charge is 0.294 e. The first-order valence-corrected chi connectivity index (χ1v) is 8.86. The molecule has 0 aliphatic heterocycles. The van der Waals surface area contributed by atoms with Gasteiger partial charge in [0.05, 0.1) is 16.3 Å². The Morgan fingerprint density at radius 2 is 1.16 bits per heavy atom. The number of para-hydroxylation sites is 1. The Labute approximate surface area is 145 Å². The minimum absolute atomic E-state index is 0.178. The van der Waals surface area contributed by atoms with Crippen molar-refractivity contribution in [1.82, 2.24) is 0 Å². The van der Waals surface area contributed by atoms with Crippen LogP contribution in [0.4, 0.5) is 22.7 Å². The molecule has 2 N–H and O–H groups in total. The molecule has 0 aromatic heterocycles. The zero-order chi connectivity index (χ0) is 17.7. The monoisotopic (exact) mass is 359 g/mol. The molecule has 6 nitrogen and oxygen atoms in total. The Kier molecular flexibility index (Phi) is 4.87. The summed E-state index contributed by atoms with van der Waals surface area (Å²) in [6.45, 7) is 0. The summed E-state index contributed by atoms with van der Waals surface area (Å²) >= 11 is 0. The number of benzene rings is 3. The molecule has 0 heterocycles. The molecule has 0 aliphatic rings. The standard InChI is InChI=1S/C18H15N3O3S/c22-25(23,24)18-12-10-17(11-13-18)21-20-16-8-6-15(7-9-16)19-14-4-2-1-3-5-14/h1-13,19H,(H,22,23,24)/i10+1,11+1,12+1,13+1,17+1,18+1. The lowest BCUT2D eigenvalue weighted by Crippen LogP contribution is -1.96. The highest BCUT2D eigenvalue weighted by atomic mass is 32.2. The van der Waals surface area contributed by atoms with Gasteiger partial charge in [-0.3, -0.25) is 4.55 Å². The van der Waals surface area contributed by atoms with Crippen molar-refractivity contribution >= 4 is 32.9 Å². The molecule has 25 heavy (non-hydrogen) atoms. The Hall–Kier alpha value is -3.03. The van der Waals surface area contributed by atoms with Gasteiger partial charge < -0.3 is 5.32 Å². The minimum Gasteiger partial charge on any atom is -0.356 e. The van der Waals surface area contributed by atoms with E-state index >= 15 is 0 Å². The topological polar surface area (TPSA) is 91.1 Å². The van der Waals surface area contributed by atoms with Crippen molar-refractivity contribution in [3.63, 3.8) is 0 Å². The maximum atomic E-state index is 11.0. The van der Waals surface area contributed by atoms with Crippen molar-refractivity contribution in [2.75, 3.05) is 5.32 Å². The van der Waals surface area contributed by atoms with Crippen LogP contribution < -0.4 is 5.32 Å². The van der Waals surface area contributed by atoms with Gasteiger partial charge in [-0.2, -0.15) is 18.6 Å². The van der Waals surface area contributed by atoms with E-state index in [9.17, 15) is 8.42 Å². The second kappa shape index (κ2) is 7.25. The van der Waals surface area contributed by atoms with Gasteiger partial charge in [0.15, 0.2) is 0 Å². The van der Waals surface area contributed by atoms with Crippen molar-refractivity contribution in [2.24, 2.45) is 10.2 Å². The van der Waals surface area contributed by atoms with Gasteiger partial charge in [0.2, 0.25) is 0 Å². The number of nitrogens with one attached hydrogen (secondary N) is 1. The van der Waals surface area contributed by atoms with Crippen molar-refractivity contribution in [1.29, 1.82) is 0 Å². The maximum absolute atomic E-state index is 11.0. The molecule has 3 aromatic carbocycles. The fourth-order valence-corrected chi connectivity index (χ4v) is 2.58. The lowest BCUT2D eigenvalue weighted by atomic mass is 10.2. The predicted molar refractivity (Wildman–Crippen MR) is 96.6 cm³/mol. The van der Waals surface area contributed by atoms with Gasteiger partial charge in [-0.25, -0.2) is 0 Å². The molecule has 0 spiro atoms. The van der Waals surface area contributed by atoms with Gasteiger partial charge in [-0.05, 0) is 60.7 Å². The summed E-state index contributed by atoms with van der Waals surface area (Å²) in [5, 5.41) is 11.4. The quantitative estimate of drug-likeness (QED) is 0.490. The Morgan fingerprint density at radius 3 is 1.68 bits per heavy atom. The Morgan fingerprint density at radius 1 is 0.680 bits per heavy atom. The first-order valence-electron chi connectivity index (χ1n) is 7.42. The zero-order valence-electron chi connectivity index (χ0n) is 13.1. The van der Waals surface area contributed by atoms with Crippen LogP contribution in [0.15, 0.2) is 94.0 Å². The fourth-order valence-electron chi connectivity index (χ4n) is 2.10. The molecule has 3 aromatic rings. The highest BCUT2D eigenvalue weighted by Crippen LogP contribution is 2.23. The molecular weight excluding hydrogens is 344 g/mol. The number of anilines is 2. The lowest BCUT2D eigenvalue weighted by Gasteiger charge is -2.05. The second-order valence-electron chi connectivity index (χ2n) is 5.21. The van der Waals surface area contributed by atoms with Crippen LogP contribution in [0.5, 0.6) is 0 Å². The molecule has 0 bridgehead atoms. The average molecular weight is 359 g/mol. The summed E-state index contributed by atoms with van der Waals surface area (Å²) in [5.41, 5.74) is 3.08. The fraction of sp³-hybridized carbons (Fsp3) is 0. The van der Waals surface area contributed by atoms with E-state index in [0.717, 1.165) is 11.4 Å². The first kappa shape index (κ1) is 16.8. The molecule has 0 unspecified atom stereocenters. The Balaban J connectivity index is 1.67. The van der Waals surface area contributed by atoms with E-state index in [1.807, 2.05) is 54.6 Å². The van der Waals surface area contributed by atoms with Crippen LogP contribution in [-0.2, 0) is 10.1 Å². The number of rotatable bonds is 5. The van der Waals surface area contributed by atoms with Crippen LogP contribution in [0.2, 0.25) is 0 Å². The summed E-state index contributed by atoms with van der Waals surface area (Å²) < 4.78 is 30.9. The summed E-state index contributed by atoms with van der Waals surface area (Å²) in [7, 11) is -4.20. The molecule has 0 saturated carbocycles. The second-order valence-corrected chi connectivity index (χ2v) is 6.63. The molecule has 0 saturated heterocycles. The third kappa shape index (κ3) is 4.72.